The van der Waals surface area contributed by atoms with E-state index in [9.17, 15) is 0 Å². The molecule has 0 bridgehead atoms. The van der Waals surface area contributed by atoms with Gasteiger partial charge in [-0.05, 0) is 50.9 Å². The molecule has 17 heavy (non-hydrogen) atoms. The Labute approximate surface area is 104 Å². The van der Waals surface area contributed by atoms with Crippen LogP contribution in [0, 0.1) is 13.8 Å². The minimum Gasteiger partial charge on any atom is -0.378 e. The van der Waals surface area contributed by atoms with Crippen molar-refractivity contribution in [2.24, 2.45) is 0 Å². The average Bonchev–Trinajstić information content (AvgIpc) is 2.35. The van der Waals surface area contributed by atoms with E-state index >= 15 is 0 Å². The van der Waals surface area contributed by atoms with Gasteiger partial charge < -0.3 is 10.1 Å². The molecule has 0 saturated carbocycles. The van der Waals surface area contributed by atoms with Gasteiger partial charge in [0.05, 0.1) is 5.60 Å². The van der Waals surface area contributed by atoms with E-state index < -0.39 is 0 Å². The highest BCUT2D eigenvalue weighted by molar-refractivity contribution is 5.31. The van der Waals surface area contributed by atoms with Gasteiger partial charge in [0.1, 0.15) is 0 Å². The minimum atomic E-state index is 0.0454. The van der Waals surface area contributed by atoms with E-state index in [2.05, 4.69) is 37.4 Å². The third-order valence-corrected chi connectivity index (χ3v) is 3.97. The van der Waals surface area contributed by atoms with Crippen molar-refractivity contribution in [3.8, 4) is 0 Å². The molecule has 0 amide bonds. The minimum absolute atomic E-state index is 0.0454. The molecule has 1 saturated heterocycles. The molecule has 2 rings (SSSR count). The number of hydrogen-bond acceptors (Lipinski definition) is 2. The SMILES string of the molecule is COC1(Cc2cc(C)ccc2C)CCNCC1. The fraction of sp³-hybridized carbons (Fsp3) is 0.600. The molecule has 1 aliphatic heterocycles. The molecule has 1 aliphatic rings. The Bertz CT molecular complexity index is 381. The quantitative estimate of drug-likeness (QED) is 0.866. The predicted octanol–water partition coefficient (Wildman–Crippen LogP) is 2.61. The molecule has 1 fully saturated rings. The number of aryl methyl sites for hydroxylation is 2. The molecule has 0 spiro atoms. The zero-order chi connectivity index (χ0) is 12.3. The van der Waals surface area contributed by atoms with Gasteiger partial charge in [0.2, 0.25) is 0 Å². The topological polar surface area (TPSA) is 21.3 Å². The molecular weight excluding hydrogens is 210 g/mol. The summed E-state index contributed by atoms with van der Waals surface area (Å²) >= 11 is 0. The lowest BCUT2D eigenvalue weighted by atomic mass is 9.84. The molecule has 0 aliphatic carbocycles. The Morgan fingerprint density at radius 2 is 1.94 bits per heavy atom. The molecule has 0 radical (unpaired) electrons. The van der Waals surface area contributed by atoms with Crippen molar-refractivity contribution >= 4 is 0 Å². The summed E-state index contributed by atoms with van der Waals surface area (Å²) in [4.78, 5) is 0. The van der Waals surface area contributed by atoms with Crippen LogP contribution in [0.15, 0.2) is 18.2 Å². The van der Waals surface area contributed by atoms with Crippen molar-refractivity contribution in [3.05, 3.63) is 34.9 Å². The van der Waals surface area contributed by atoms with Gasteiger partial charge in [0.25, 0.3) is 0 Å². The fourth-order valence-electron chi connectivity index (χ4n) is 2.67. The van der Waals surface area contributed by atoms with Crippen LogP contribution in [0.4, 0.5) is 0 Å². The molecule has 1 aromatic carbocycles. The number of nitrogens with one attached hydrogen (secondary N) is 1. The van der Waals surface area contributed by atoms with E-state index in [0.717, 1.165) is 32.4 Å². The van der Waals surface area contributed by atoms with E-state index in [-0.39, 0.29) is 5.60 Å². The summed E-state index contributed by atoms with van der Waals surface area (Å²) in [5, 5.41) is 3.41. The van der Waals surface area contributed by atoms with Crippen molar-refractivity contribution in [3.63, 3.8) is 0 Å². The van der Waals surface area contributed by atoms with Crippen molar-refractivity contribution in [1.82, 2.24) is 5.32 Å². The van der Waals surface area contributed by atoms with Gasteiger partial charge in [-0.3, -0.25) is 0 Å². The summed E-state index contributed by atoms with van der Waals surface area (Å²) in [6, 6.07) is 6.70. The maximum Gasteiger partial charge on any atom is 0.0743 e. The number of piperidine rings is 1. The van der Waals surface area contributed by atoms with Gasteiger partial charge in [0, 0.05) is 13.5 Å². The smallest absolute Gasteiger partial charge is 0.0743 e. The van der Waals surface area contributed by atoms with Gasteiger partial charge >= 0.3 is 0 Å². The monoisotopic (exact) mass is 233 g/mol. The summed E-state index contributed by atoms with van der Waals surface area (Å²) in [7, 11) is 1.86. The van der Waals surface area contributed by atoms with Crippen LogP contribution in [0.25, 0.3) is 0 Å². The molecule has 0 aromatic heterocycles. The van der Waals surface area contributed by atoms with E-state index in [1.165, 1.54) is 16.7 Å². The summed E-state index contributed by atoms with van der Waals surface area (Å²) in [6.45, 7) is 6.49. The molecule has 2 nitrogen and oxygen atoms in total. The van der Waals surface area contributed by atoms with Gasteiger partial charge in [-0.2, -0.15) is 0 Å². The first kappa shape index (κ1) is 12.6. The zero-order valence-electron chi connectivity index (χ0n) is 11.2. The maximum atomic E-state index is 5.84. The number of hydrogen-bond donors (Lipinski definition) is 1. The summed E-state index contributed by atoms with van der Waals surface area (Å²) in [5.41, 5.74) is 4.20. The lowest BCUT2D eigenvalue weighted by Gasteiger charge is -2.37. The van der Waals surface area contributed by atoms with Crippen LogP contribution in [0.5, 0.6) is 0 Å². The van der Waals surface area contributed by atoms with E-state index in [4.69, 9.17) is 4.74 Å². The second-order valence-electron chi connectivity index (χ2n) is 5.24. The van der Waals surface area contributed by atoms with E-state index in [1.54, 1.807) is 0 Å². The number of rotatable bonds is 3. The first-order valence-corrected chi connectivity index (χ1v) is 6.47. The highest BCUT2D eigenvalue weighted by Gasteiger charge is 2.32. The second kappa shape index (κ2) is 5.19. The first-order chi connectivity index (χ1) is 8.15. The molecule has 1 aromatic rings. The van der Waals surface area contributed by atoms with Crippen molar-refractivity contribution in [1.29, 1.82) is 0 Å². The molecule has 0 atom stereocenters. The summed E-state index contributed by atoms with van der Waals surface area (Å²) in [6.07, 6.45) is 3.26. The van der Waals surface area contributed by atoms with Crippen LogP contribution in [-0.2, 0) is 11.2 Å². The normalized spacial score (nSPS) is 19.2. The van der Waals surface area contributed by atoms with Crippen LogP contribution in [0.2, 0.25) is 0 Å². The predicted molar refractivity (Wildman–Crippen MR) is 71.5 cm³/mol. The molecular formula is C15H23NO. The van der Waals surface area contributed by atoms with Gasteiger partial charge in [-0.15, -0.1) is 0 Å². The maximum absolute atomic E-state index is 5.84. The van der Waals surface area contributed by atoms with Crippen LogP contribution in [0.3, 0.4) is 0 Å². The standard InChI is InChI=1S/C15H23NO/c1-12-4-5-13(2)14(10-12)11-15(17-3)6-8-16-9-7-15/h4-5,10,16H,6-9,11H2,1-3H3. The van der Waals surface area contributed by atoms with Crippen molar-refractivity contribution in [2.75, 3.05) is 20.2 Å². The Hall–Kier alpha value is -0.860. The number of methoxy groups -OCH3 is 1. The Morgan fingerprint density at radius 3 is 2.59 bits per heavy atom. The first-order valence-electron chi connectivity index (χ1n) is 6.47. The summed E-state index contributed by atoms with van der Waals surface area (Å²) < 4.78 is 5.84. The zero-order valence-corrected chi connectivity index (χ0v) is 11.2. The van der Waals surface area contributed by atoms with E-state index in [0.29, 0.717) is 0 Å². The molecule has 0 unspecified atom stereocenters. The number of benzene rings is 1. The van der Waals surface area contributed by atoms with Crippen LogP contribution in [0.1, 0.15) is 29.5 Å². The van der Waals surface area contributed by atoms with Crippen molar-refractivity contribution in [2.45, 2.75) is 38.7 Å². The van der Waals surface area contributed by atoms with Crippen LogP contribution >= 0.6 is 0 Å². The second-order valence-corrected chi connectivity index (χ2v) is 5.24. The number of ether oxygens (including phenoxy) is 1. The average molecular weight is 233 g/mol. The lowest BCUT2D eigenvalue weighted by molar-refractivity contribution is -0.0334. The Kier molecular flexibility index (Phi) is 3.85. The lowest BCUT2D eigenvalue weighted by Crippen LogP contribution is -2.45. The fourth-order valence-corrected chi connectivity index (χ4v) is 2.67. The van der Waals surface area contributed by atoms with Crippen LogP contribution in [-0.4, -0.2) is 25.8 Å². The molecule has 94 valence electrons. The highest BCUT2D eigenvalue weighted by atomic mass is 16.5. The van der Waals surface area contributed by atoms with Crippen molar-refractivity contribution < 1.29 is 4.74 Å². The van der Waals surface area contributed by atoms with Gasteiger partial charge in [-0.25, -0.2) is 0 Å². The van der Waals surface area contributed by atoms with E-state index in [1.807, 2.05) is 7.11 Å². The third-order valence-electron chi connectivity index (χ3n) is 3.97. The molecule has 1 heterocycles. The highest BCUT2D eigenvalue weighted by Crippen LogP contribution is 2.28. The molecule has 1 N–H and O–H groups in total. The van der Waals surface area contributed by atoms with Gasteiger partial charge in [-0.1, -0.05) is 23.8 Å². The Morgan fingerprint density at radius 1 is 1.24 bits per heavy atom. The van der Waals surface area contributed by atoms with Crippen LogP contribution < -0.4 is 5.32 Å². The Balaban J connectivity index is 2.20. The molecule has 2 heteroatoms. The van der Waals surface area contributed by atoms with Gasteiger partial charge in [0.15, 0.2) is 0 Å². The largest absolute Gasteiger partial charge is 0.378 e. The third kappa shape index (κ3) is 2.88. The summed E-state index contributed by atoms with van der Waals surface area (Å²) in [5.74, 6) is 0.